The number of hydrogen-bond acceptors (Lipinski definition) is 4. The summed E-state index contributed by atoms with van der Waals surface area (Å²) in [5, 5.41) is 15.3. The summed E-state index contributed by atoms with van der Waals surface area (Å²) in [4.78, 5) is 11.7. The molecule has 5 heteroatoms. The van der Waals surface area contributed by atoms with Crippen molar-refractivity contribution < 1.29 is 14.3 Å². The van der Waals surface area contributed by atoms with Gasteiger partial charge in [0.15, 0.2) is 0 Å². The number of aromatic hydroxyl groups is 1. The zero-order valence-electron chi connectivity index (χ0n) is 11.0. The second-order valence-corrected chi connectivity index (χ2v) is 4.70. The molecule has 5 nitrogen and oxygen atoms in total. The lowest BCUT2D eigenvalue weighted by Gasteiger charge is -2.17. The van der Waals surface area contributed by atoms with E-state index in [4.69, 9.17) is 4.42 Å². The van der Waals surface area contributed by atoms with E-state index in [2.05, 4.69) is 5.10 Å². The lowest BCUT2D eigenvalue weighted by atomic mass is 10.0. The maximum absolute atomic E-state index is 11.7. The summed E-state index contributed by atoms with van der Waals surface area (Å²) in [5.41, 5.74) is 1.57. The number of hydrazone groups is 1. The molecule has 0 fully saturated rings. The highest BCUT2D eigenvalue weighted by molar-refractivity contribution is 6.03. The molecule has 0 radical (unpaired) electrons. The molecule has 1 aromatic heterocycles. The van der Waals surface area contributed by atoms with Gasteiger partial charge in [0, 0.05) is 18.9 Å². The summed E-state index contributed by atoms with van der Waals surface area (Å²) in [5.74, 6) is 0.752. The predicted octanol–water partition coefficient (Wildman–Crippen LogP) is 2.68. The van der Waals surface area contributed by atoms with Crippen molar-refractivity contribution in [3.8, 4) is 5.75 Å². The first kappa shape index (κ1) is 12.5. The first-order chi connectivity index (χ1) is 9.65. The van der Waals surface area contributed by atoms with E-state index < -0.39 is 0 Å². The maximum atomic E-state index is 11.7. The third-order valence-corrected chi connectivity index (χ3v) is 3.28. The van der Waals surface area contributed by atoms with E-state index in [1.165, 1.54) is 11.9 Å². The average molecular weight is 270 g/mol. The number of amides is 1. The fraction of sp³-hybridized carbons (Fsp3) is 0.200. The molecule has 1 amide bonds. The standard InChI is InChI=1S/C15H14N2O3/c1-10(18)17-14(15-6-3-7-20-15)9-13(16-17)11-4-2-5-12(19)8-11/h2-8,14,19H,9H2,1H3/t14-/m0/s1. The molecule has 2 heterocycles. The molecular formula is C15H14N2O3. The van der Waals surface area contributed by atoms with Crippen LogP contribution in [-0.4, -0.2) is 21.7 Å². The molecule has 1 N–H and O–H groups in total. The average Bonchev–Trinajstić information content (AvgIpc) is 3.08. The third kappa shape index (κ3) is 2.18. The van der Waals surface area contributed by atoms with Gasteiger partial charge in [-0.1, -0.05) is 12.1 Å². The van der Waals surface area contributed by atoms with Gasteiger partial charge in [-0.15, -0.1) is 0 Å². The minimum Gasteiger partial charge on any atom is -0.508 e. The smallest absolute Gasteiger partial charge is 0.240 e. The molecule has 0 saturated carbocycles. The van der Waals surface area contributed by atoms with Crippen LogP contribution in [0.25, 0.3) is 0 Å². The molecule has 0 aliphatic carbocycles. The lowest BCUT2D eigenvalue weighted by Crippen LogP contribution is -2.23. The maximum Gasteiger partial charge on any atom is 0.240 e. The number of rotatable bonds is 2. The Labute approximate surface area is 116 Å². The Morgan fingerprint density at radius 1 is 1.40 bits per heavy atom. The Morgan fingerprint density at radius 2 is 2.25 bits per heavy atom. The number of benzene rings is 1. The highest BCUT2D eigenvalue weighted by Crippen LogP contribution is 2.33. The van der Waals surface area contributed by atoms with Crippen LogP contribution < -0.4 is 0 Å². The normalized spacial score (nSPS) is 18.1. The van der Waals surface area contributed by atoms with E-state index in [1.54, 1.807) is 30.5 Å². The van der Waals surface area contributed by atoms with Crippen molar-refractivity contribution in [1.29, 1.82) is 0 Å². The molecule has 3 rings (SSSR count). The van der Waals surface area contributed by atoms with Gasteiger partial charge >= 0.3 is 0 Å². The number of furan rings is 1. The summed E-state index contributed by atoms with van der Waals surface area (Å²) in [6.45, 7) is 1.48. The van der Waals surface area contributed by atoms with Crippen LogP contribution >= 0.6 is 0 Å². The molecule has 2 aromatic rings. The van der Waals surface area contributed by atoms with Gasteiger partial charge in [-0.3, -0.25) is 4.79 Å². The van der Waals surface area contributed by atoms with Crippen LogP contribution in [0.2, 0.25) is 0 Å². The lowest BCUT2D eigenvalue weighted by molar-refractivity contribution is -0.130. The Balaban J connectivity index is 1.95. The van der Waals surface area contributed by atoms with Crippen LogP contribution in [0.15, 0.2) is 52.2 Å². The Morgan fingerprint density at radius 3 is 2.90 bits per heavy atom. The fourth-order valence-corrected chi connectivity index (χ4v) is 2.36. The van der Waals surface area contributed by atoms with Gasteiger partial charge in [0.25, 0.3) is 0 Å². The Hall–Kier alpha value is -2.56. The summed E-state index contributed by atoms with van der Waals surface area (Å²) in [6, 6.07) is 10.3. The van der Waals surface area contributed by atoms with Gasteiger partial charge in [0.1, 0.15) is 17.6 Å². The van der Waals surface area contributed by atoms with Crippen molar-refractivity contribution in [2.45, 2.75) is 19.4 Å². The van der Waals surface area contributed by atoms with Gasteiger partial charge in [0.05, 0.1) is 12.0 Å². The molecule has 0 saturated heterocycles. The summed E-state index contributed by atoms with van der Waals surface area (Å²) in [6.07, 6.45) is 2.15. The number of hydrogen-bond donors (Lipinski definition) is 1. The van der Waals surface area contributed by atoms with Crippen LogP contribution in [0.4, 0.5) is 0 Å². The van der Waals surface area contributed by atoms with Crippen molar-refractivity contribution in [2.24, 2.45) is 5.10 Å². The molecule has 0 unspecified atom stereocenters. The number of nitrogens with zero attached hydrogens (tertiary/aromatic N) is 2. The van der Waals surface area contributed by atoms with Gasteiger partial charge in [-0.05, 0) is 24.3 Å². The Kier molecular flexibility index (Phi) is 3.02. The Bertz CT molecular complexity index is 662. The van der Waals surface area contributed by atoms with Crippen molar-refractivity contribution in [1.82, 2.24) is 5.01 Å². The highest BCUT2D eigenvalue weighted by Gasteiger charge is 2.33. The van der Waals surface area contributed by atoms with E-state index in [1.807, 2.05) is 12.1 Å². The molecule has 20 heavy (non-hydrogen) atoms. The van der Waals surface area contributed by atoms with Gasteiger partial charge in [-0.2, -0.15) is 5.10 Å². The fourth-order valence-electron chi connectivity index (χ4n) is 2.36. The van der Waals surface area contributed by atoms with E-state index in [-0.39, 0.29) is 17.7 Å². The van der Waals surface area contributed by atoms with Crippen LogP contribution in [0.5, 0.6) is 5.75 Å². The minimum atomic E-state index is -0.222. The van der Waals surface area contributed by atoms with Crippen molar-refractivity contribution in [2.75, 3.05) is 0 Å². The van der Waals surface area contributed by atoms with E-state index in [0.717, 1.165) is 11.3 Å². The van der Waals surface area contributed by atoms with Gasteiger partial charge in [0.2, 0.25) is 5.91 Å². The summed E-state index contributed by atoms with van der Waals surface area (Å²) >= 11 is 0. The largest absolute Gasteiger partial charge is 0.508 e. The number of carbonyl (C=O) groups is 1. The number of carbonyl (C=O) groups excluding carboxylic acids is 1. The predicted molar refractivity (Wildman–Crippen MR) is 73.2 cm³/mol. The topological polar surface area (TPSA) is 66.0 Å². The van der Waals surface area contributed by atoms with Crippen molar-refractivity contribution >= 4 is 11.6 Å². The quantitative estimate of drug-likeness (QED) is 0.912. The molecule has 1 aliphatic rings. The molecule has 0 spiro atoms. The van der Waals surface area contributed by atoms with Crippen LogP contribution in [-0.2, 0) is 4.79 Å². The van der Waals surface area contributed by atoms with E-state index in [9.17, 15) is 9.90 Å². The minimum absolute atomic E-state index is 0.137. The van der Waals surface area contributed by atoms with Crippen LogP contribution in [0.1, 0.15) is 30.7 Å². The molecule has 102 valence electrons. The first-order valence-electron chi connectivity index (χ1n) is 6.35. The van der Waals surface area contributed by atoms with Gasteiger partial charge in [-0.25, -0.2) is 5.01 Å². The number of phenolic OH excluding ortho intramolecular Hbond substituents is 1. The third-order valence-electron chi connectivity index (χ3n) is 3.28. The SMILES string of the molecule is CC(=O)N1N=C(c2cccc(O)c2)C[C@H]1c1ccco1. The monoisotopic (exact) mass is 270 g/mol. The second kappa shape index (κ2) is 4.85. The first-order valence-corrected chi connectivity index (χ1v) is 6.35. The number of phenols is 1. The zero-order valence-corrected chi connectivity index (χ0v) is 11.0. The van der Waals surface area contributed by atoms with Crippen molar-refractivity contribution in [3.63, 3.8) is 0 Å². The van der Waals surface area contributed by atoms with Crippen molar-refractivity contribution in [3.05, 3.63) is 54.0 Å². The van der Waals surface area contributed by atoms with E-state index >= 15 is 0 Å². The molecule has 1 atom stereocenters. The summed E-state index contributed by atoms with van der Waals surface area (Å²) < 4.78 is 5.39. The second-order valence-electron chi connectivity index (χ2n) is 4.70. The highest BCUT2D eigenvalue weighted by atomic mass is 16.3. The van der Waals surface area contributed by atoms with Gasteiger partial charge < -0.3 is 9.52 Å². The summed E-state index contributed by atoms with van der Waals surface area (Å²) in [7, 11) is 0. The zero-order chi connectivity index (χ0) is 14.1. The molecular weight excluding hydrogens is 256 g/mol. The molecule has 1 aromatic carbocycles. The molecule has 0 bridgehead atoms. The van der Waals surface area contributed by atoms with Crippen LogP contribution in [0, 0.1) is 0 Å². The van der Waals surface area contributed by atoms with Crippen LogP contribution in [0.3, 0.4) is 0 Å². The van der Waals surface area contributed by atoms with E-state index in [0.29, 0.717) is 12.2 Å². The molecule has 1 aliphatic heterocycles.